The molecule has 0 unspecified atom stereocenters. The van der Waals surface area contributed by atoms with E-state index < -0.39 is 95.7 Å². The van der Waals surface area contributed by atoms with E-state index in [1.807, 2.05) is 0 Å². The second-order valence-electron chi connectivity index (χ2n) is 11.5. The summed E-state index contributed by atoms with van der Waals surface area (Å²) in [5.74, 6) is 0. The van der Waals surface area contributed by atoms with Gasteiger partial charge in [-0.15, -0.1) is 0 Å². The van der Waals surface area contributed by atoms with Crippen LogP contribution in [0.3, 0.4) is 0 Å². The first kappa shape index (κ1) is 15.6. The van der Waals surface area contributed by atoms with Crippen molar-refractivity contribution in [3.63, 3.8) is 0 Å². The van der Waals surface area contributed by atoms with Gasteiger partial charge in [-0.05, 0) is 107 Å². The molecule has 1 nitrogen and oxygen atoms in total. The van der Waals surface area contributed by atoms with Gasteiger partial charge in [0, 0.05) is 10.8 Å². The highest BCUT2D eigenvalue weighted by molar-refractivity contribution is 6.26. The summed E-state index contributed by atoms with van der Waals surface area (Å²) in [7, 11) is 0. The van der Waals surface area contributed by atoms with Gasteiger partial charge < -0.3 is 4.42 Å². The monoisotopic (exact) mass is 639 g/mol. The topological polar surface area (TPSA) is 13.1 Å². The molecule has 1 heterocycles. The molecule has 0 atom stereocenters. The van der Waals surface area contributed by atoms with Crippen molar-refractivity contribution in [1.29, 1.82) is 0 Å². The minimum absolute atomic E-state index is 0.0490. The summed E-state index contributed by atoms with van der Waals surface area (Å²) >= 11 is 0. The highest BCUT2D eigenvalue weighted by Crippen LogP contribution is 2.48. The zero-order valence-corrected chi connectivity index (χ0v) is 25.4. The molecule has 10 rings (SSSR count). The largest absolute Gasteiger partial charge is 0.456 e. The van der Waals surface area contributed by atoms with Gasteiger partial charge in [0.25, 0.3) is 0 Å². The van der Waals surface area contributed by atoms with Crippen molar-refractivity contribution in [1.82, 2.24) is 0 Å². The number of hydrogen-bond acceptors (Lipinski definition) is 1. The predicted molar refractivity (Wildman–Crippen MR) is 208 cm³/mol. The third-order valence-electron chi connectivity index (χ3n) is 8.75. The van der Waals surface area contributed by atoms with Crippen molar-refractivity contribution >= 4 is 54.3 Å². The van der Waals surface area contributed by atoms with Crippen molar-refractivity contribution in [3.8, 4) is 44.5 Å². The van der Waals surface area contributed by atoms with Crippen molar-refractivity contribution in [3.05, 3.63) is 182 Å². The van der Waals surface area contributed by atoms with Gasteiger partial charge in [0.15, 0.2) is 0 Å². The highest BCUT2D eigenvalue weighted by atomic mass is 16.3. The van der Waals surface area contributed by atoms with Gasteiger partial charge in [-0.1, -0.05) is 151 Å². The summed E-state index contributed by atoms with van der Waals surface area (Å²) in [4.78, 5) is 0. The molecular formula is C48H30O. The second kappa shape index (κ2) is 11.1. The normalized spacial score (nSPS) is 16.5. The molecule has 0 aliphatic carbocycles. The molecular weight excluding hydrogens is 593 g/mol. The van der Waals surface area contributed by atoms with E-state index in [1.54, 1.807) is 78.9 Å². The van der Waals surface area contributed by atoms with Crippen molar-refractivity contribution < 1.29 is 27.7 Å². The minimum atomic E-state index is -0.740. The first-order valence-electron chi connectivity index (χ1n) is 24.0. The van der Waals surface area contributed by atoms with Crippen LogP contribution in [0.25, 0.3) is 98.8 Å². The first-order chi connectivity index (χ1) is 31.4. The van der Waals surface area contributed by atoms with Crippen LogP contribution in [-0.4, -0.2) is 0 Å². The van der Waals surface area contributed by atoms with E-state index in [0.717, 1.165) is 0 Å². The van der Waals surface area contributed by atoms with Gasteiger partial charge >= 0.3 is 0 Å². The van der Waals surface area contributed by atoms with E-state index in [2.05, 4.69) is 0 Å². The zero-order valence-electron chi connectivity index (χ0n) is 42.4. The van der Waals surface area contributed by atoms with Crippen LogP contribution in [0.4, 0.5) is 0 Å². The lowest BCUT2D eigenvalue weighted by Crippen LogP contribution is -1.92. The average molecular weight is 640 g/mol. The predicted octanol–water partition coefficient (Wildman–Crippen LogP) is 13.7. The van der Waals surface area contributed by atoms with Crippen LogP contribution in [0.5, 0.6) is 0 Å². The van der Waals surface area contributed by atoms with Crippen LogP contribution >= 0.6 is 0 Å². The lowest BCUT2D eigenvalue weighted by Gasteiger charge is -2.19. The van der Waals surface area contributed by atoms with E-state index in [4.69, 9.17) is 22.2 Å². The smallest absolute Gasteiger partial charge is 0.136 e. The highest BCUT2D eigenvalue weighted by Gasteiger charge is 2.21. The lowest BCUT2D eigenvalue weighted by atomic mass is 9.83. The van der Waals surface area contributed by atoms with Gasteiger partial charge in [-0.25, -0.2) is 0 Å². The minimum Gasteiger partial charge on any atom is -0.456 e. The van der Waals surface area contributed by atoms with Gasteiger partial charge in [0.1, 0.15) is 11.2 Å². The Hall–Kier alpha value is -6.44. The molecule has 10 aromatic rings. The molecule has 0 aliphatic rings. The second-order valence-corrected chi connectivity index (χ2v) is 11.5. The molecule has 0 saturated carbocycles. The van der Waals surface area contributed by atoms with Crippen molar-refractivity contribution in [2.24, 2.45) is 0 Å². The average Bonchev–Trinajstić information content (AvgIpc) is 3.72. The summed E-state index contributed by atoms with van der Waals surface area (Å²) in [6, 6.07) is 12.5. The maximum Gasteiger partial charge on any atom is 0.136 e. The Morgan fingerprint density at radius 1 is 0.367 bits per heavy atom. The van der Waals surface area contributed by atoms with Crippen LogP contribution in [0.1, 0.15) is 23.3 Å². The zero-order chi connectivity index (χ0) is 47.1. The molecule has 0 spiro atoms. The summed E-state index contributed by atoms with van der Waals surface area (Å²) in [5, 5.41) is 0.845. The molecule has 228 valence electrons. The van der Waals surface area contributed by atoms with E-state index in [0.29, 0.717) is 32.7 Å². The molecule has 0 radical (unpaired) electrons. The Kier molecular flexibility index (Phi) is 3.54. The van der Waals surface area contributed by atoms with E-state index in [-0.39, 0.29) is 73.1 Å². The maximum atomic E-state index is 9.96. The Bertz CT molecular complexity index is 3760. The SMILES string of the molecule is [2H]c1c([2H])c([2H])c(-c2c([2H])c(-c3c4ccccc4c(-c4c([2H])c([2H])c([2H])c5oc6c([2H])c([2H])c(-c7ccccc7)c([2H])c6c45)c4ccccc34)c([2H])c3c([2H])c([2H])c([2H])c([2H])c23)c([2H])c1[2H]. The van der Waals surface area contributed by atoms with Crippen LogP contribution in [-0.2, 0) is 0 Å². The molecule has 0 N–H and O–H groups in total. The standard InChI is InChI=1S/C48H30O/c1-3-14-31(15-4-1)33-26-27-44-43(29-33)48-41(24-13-25-45(48)49-44)47-39-22-11-9-20-37(39)46(38-21-10-12-23-40(38)47)35-28-34-18-7-8-19-36(34)42(30-35)32-16-5-2-6-17-32/h1-30H/i2D,5D,6D,7D,8D,13D,16D,17D,18D,19D,24D,25D,26D,27D,28D,29D,30D. The molecule has 0 fully saturated rings. The fourth-order valence-corrected chi connectivity index (χ4v) is 6.68. The number of furan rings is 1. The molecule has 0 amide bonds. The third kappa shape index (κ3) is 4.40. The van der Waals surface area contributed by atoms with Crippen molar-refractivity contribution in [2.45, 2.75) is 0 Å². The maximum absolute atomic E-state index is 9.96. The molecule has 0 aliphatic heterocycles. The van der Waals surface area contributed by atoms with Crippen molar-refractivity contribution in [2.75, 3.05) is 0 Å². The molecule has 0 bridgehead atoms. The van der Waals surface area contributed by atoms with Gasteiger partial charge in [0.05, 0.1) is 23.3 Å². The molecule has 9 aromatic carbocycles. The summed E-state index contributed by atoms with van der Waals surface area (Å²) in [6.45, 7) is 0. The Balaban J connectivity index is 1.43. The van der Waals surface area contributed by atoms with E-state index in [9.17, 15) is 5.48 Å². The fraction of sp³-hybridized carbons (Fsp3) is 0. The quantitative estimate of drug-likeness (QED) is 0.175. The van der Waals surface area contributed by atoms with Gasteiger partial charge in [-0.3, -0.25) is 0 Å². The molecule has 1 heteroatoms. The van der Waals surface area contributed by atoms with E-state index in [1.165, 1.54) is 0 Å². The fourth-order valence-electron chi connectivity index (χ4n) is 6.68. The Morgan fingerprint density at radius 2 is 1.04 bits per heavy atom. The van der Waals surface area contributed by atoms with Gasteiger partial charge in [0.2, 0.25) is 0 Å². The summed E-state index contributed by atoms with van der Waals surface area (Å²) in [5.41, 5.74) is -0.257. The summed E-state index contributed by atoms with van der Waals surface area (Å²) in [6.07, 6.45) is 0. The van der Waals surface area contributed by atoms with Gasteiger partial charge in [-0.2, -0.15) is 0 Å². The number of benzene rings is 9. The molecule has 0 saturated heterocycles. The Morgan fingerprint density at radius 3 is 1.80 bits per heavy atom. The number of rotatable bonds is 4. The number of hydrogen-bond donors (Lipinski definition) is 0. The Labute approximate surface area is 308 Å². The first-order valence-corrected chi connectivity index (χ1v) is 15.5. The third-order valence-corrected chi connectivity index (χ3v) is 8.75. The van der Waals surface area contributed by atoms with Crippen LogP contribution in [0, 0.1) is 0 Å². The van der Waals surface area contributed by atoms with Crippen LogP contribution in [0.15, 0.2) is 186 Å². The summed E-state index contributed by atoms with van der Waals surface area (Å²) < 4.78 is 160. The lowest BCUT2D eigenvalue weighted by molar-refractivity contribution is 0.669. The molecule has 49 heavy (non-hydrogen) atoms. The van der Waals surface area contributed by atoms with Crippen LogP contribution in [0.2, 0.25) is 0 Å². The molecule has 1 aromatic heterocycles. The van der Waals surface area contributed by atoms with E-state index >= 15 is 0 Å². The van der Waals surface area contributed by atoms with Crippen LogP contribution < -0.4 is 0 Å². The number of fused-ring (bicyclic) bond motifs is 6.